The number of hydrogen-bond donors (Lipinski definition) is 3. The van der Waals surface area contributed by atoms with Crippen LogP contribution in [0.5, 0.6) is 11.5 Å². The van der Waals surface area contributed by atoms with E-state index in [1.165, 1.54) is 17.2 Å². The van der Waals surface area contributed by atoms with E-state index >= 15 is 0 Å². The predicted octanol–water partition coefficient (Wildman–Crippen LogP) is 3.82. The van der Waals surface area contributed by atoms with E-state index in [0.717, 1.165) is 5.56 Å². The summed E-state index contributed by atoms with van der Waals surface area (Å²) >= 11 is 0. The fraction of sp³-hybridized carbons (Fsp3) is 0.294. The molecule has 2 atom stereocenters. The van der Waals surface area contributed by atoms with Gasteiger partial charge in [-0.05, 0) is 32.4 Å². The van der Waals surface area contributed by atoms with Gasteiger partial charge in [0.05, 0.1) is 0 Å². The number of aromatic hydroxyl groups is 2. The molecule has 0 aromatic heterocycles. The smallest absolute Gasteiger partial charge is 0.124 e. The molecule has 0 radical (unpaired) electrons. The van der Waals surface area contributed by atoms with Crippen LogP contribution in [0.3, 0.4) is 0 Å². The molecule has 0 aliphatic rings. The van der Waals surface area contributed by atoms with Crippen LogP contribution in [-0.4, -0.2) is 10.2 Å². The molecule has 1 unspecified atom stereocenters. The summed E-state index contributed by atoms with van der Waals surface area (Å²) < 4.78 is 0. The van der Waals surface area contributed by atoms with Crippen molar-refractivity contribution in [2.24, 2.45) is 0 Å². The number of rotatable bonds is 4. The number of nitrogens with one attached hydrogen (secondary N) is 1. The third-order valence-electron chi connectivity index (χ3n) is 3.52. The summed E-state index contributed by atoms with van der Waals surface area (Å²) in [4.78, 5) is 0. The summed E-state index contributed by atoms with van der Waals surface area (Å²) in [6, 6.07) is 13.2. The van der Waals surface area contributed by atoms with Gasteiger partial charge in [-0.1, -0.05) is 35.9 Å². The summed E-state index contributed by atoms with van der Waals surface area (Å²) in [5.41, 5.74) is 3.23. The van der Waals surface area contributed by atoms with E-state index < -0.39 is 0 Å². The third kappa shape index (κ3) is 3.31. The van der Waals surface area contributed by atoms with Crippen LogP contribution in [0, 0.1) is 6.92 Å². The Kier molecular flexibility index (Phi) is 4.30. The third-order valence-corrected chi connectivity index (χ3v) is 3.52. The molecule has 0 fully saturated rings. The van der Waals surface area contributed by atoms with Gasteiger partial charge < -0.3 is 15.5 Å². The predicted molar refractivity (Wildman–Crippen MR) is 80.9 cm³/mol. The van der Waals surface area contributed by atoms with Crippen LogP contribution >= 0.6 is 0 Å². The minimum Gasteiger partial charge on any atom is -0.508 e. The Bertz CT molecular complexity index is 595. The average Bonchev–Trinajstić information content (AvgIpc) is 2.38. The second-order valence-corrected chi connectivity index (χ2v) is 5.27. The van der Waals surface area contributed by atoms with Crippen LogP contribution < -0.4 is 5.32 Å². The van der Waals surface area contributed by atoms with Crippen molar-refractivity contribution in [2.45, 2.75) is 32.9 Å². The first-order chi connectivity index (χ1) is 9.47. The molecule has 0 heterocycles. The maximum absolute atomic E-state index is 9.89. The molecule has 0 saturated heterocycles. The Hall–Kier alpha value is -2.00. The molecule has 0 saturated carbocycles. The SMILES string of the molecule is Cc1cccc([C@H](C)NC(C)c2ccc(O)cc2O)c1. The van der Waals surface area contributed by atoms with Gasteiger partial charge in [0.2, 0.25) is 0 Å². The van der Waals surface area contributed by atoms with Crippen LogP contribution in [0.1, 0.15) is 42.6 Å². The van der Waals surface area contributed by atoms with E-state index in [9.17, 15) is 10.2 Å². The van der Waals surface area contributed by atoms with Gasteiger partial charge in [-0.15, -0.1) is 0 Å². The molecule has 3 heteroatoms. The maximum atomic E-state index is 9.89. The fourth-order valence-corrected chi connectivity index (χ4v) is 2.40. The topological polar surface area (TPSA) is 52.5 Å². The lowest BCUT2D eigenvalue weighted by molar-refractivity contribution is 0.427. The monoisotopic (exact) mass is 271 g/mol. The van der Waals surface area contributed by atoms with E-state index in [1.807, 2.05) is 13.0 Å². The van der Waals surface area contributed by atoms with Gasteiger partial charge in [0.1, 0.15) is 11.5 Å². The van der Waals surface area contributed by atoms with Gasteiger partial charge in [-0.25, -0.2) is 0 Å². The zero-order valence-corrected chi connectivity index (χ0v) is 12.1. The molecule has 3 N–H and O–H groups in total. The number of phenols is 2. The maximum Gasteiger partial charge on any atom is 0.124 e. The number of phenolic OH excluding ortho intramolecular Hbond substituents is 2. The Morgan fingerprint density at radius 3 is 2.35 bits per heavy atom. The Morgan fingerprint density at radius 1 is 0.950 bits per heavy atom. The molecule has 0 spiro atoms. The Balaban J connectivity index is 2.12. The highest BCUT2D eigenvalue weighted by Crippen LogP contribution is 2.29. The van der Waals surface area contributed by atoms with Crippen LogP contribution in [-0.2, 0) is 0 Å². The van der Waals surface area contributed by atoms with Crippen molar-refractivity contribution < 1.29 is 10.2 Å². The molecule has 2 rings (SSSR count). The normalized spacial score (nSPS) is 13.9. The molecule has 3 nitrogen and oxygen atoms in total. The van der Waals surface area contributed by atoms with Gasteiger partial charge in [-0.2, -0.15) is 0 Å². The number of hydrogen-bond acceptors (Lipinski definition) is 3. The summed E-state index contributed by atoms with van der Waals surface area (Å²) in [6.45, 7) is 6.17. The van der Waals surface area contributed by atoms with E-state index in [1.54, 1.807) is 12.1 Å². The highest BCUT2D eigenvalue weighted by atomic mass is 16.3. The van der Waals surface area contributed by atoms with E-state index in [2.05, 4.69) is 37.4 Å². The first-order valence-electron chi connectivity index (χ1n) is 6.82. The molecule has 106 valence electrons. The van der Waals surface area contributed by atoms with E-state index in [0.29, 0.717) is 0 Å². The van der Waals surface area contributed by atoms with E-state index in [4.69, 9.17) is 0 Å². The van der Waals surface area contributed by atoms with Crippen LogP contribution in [0.2, 0.25) is 0 Å². The quantitative estimate of drug-likeness (QED) is 0.792. The number of benzene rings is 2. The summed E-state index contributed by atoms with van der Waals surface area (Å²) in [5.74, 6) is 0.187. The van der Waals surface area contributed by atoms with Crippen LogP contribution in [0.25, 0.3) is 0 Å². The number of aryl methyl sites for hydroxylation is 1. The highest BCUT2D eigenvalue weighted by molar-refractivity contribution is 5.40. The van der Waals surface area contributed by atoms with Crippen molar-refractivity contribution in [3.8, 4) is 11.5 Å². The second kappa shape index (κ2) is 5.97. The first kappa shape index (κ1) is 14.4. The van der Waals surface area contributed by atoms with Crippen LogP contribution in [0.4, 0.5) is 0 Å². The molecule has 0 amide bonds. The summed E-state index contributed by atoms with van der Waals surface area (Å²) in [5, 5.41) is 22.7. The van der Waals surface area contributed by atoms with Gasteiger partial charge in [0.25, 0.3) is 0 Å². The molecule has 0 aliphatic carbocycles. The van der Waals surface area contributed by atoms with Gasteiger partial charge in [0, 0.05) is 23.7 Å². The van der Waals surface area contributed by atoms with Crippen molar-refractivity contribution in [1.29, 1.82) is 0 Å². The van der Waals surface area contributed by atoms with Crippen LogP contribution in [0.15, 0.2) is 42.5 Å². The molecule has 20 heavy (non-hydrogen) atoms. The molecule has 0 aliphatic heterocycles. The van der Waals surface area contributed by atoms with E-state index in [-0.39, 0.29) is 23.6 Å². The Morgan fingerprint density at radius 2 is 1.70 bits per heavy atom. The van der Waals surface area contributed by atoms with Gasteiger partial charge >= 0.3 is 0 Å². The highest BCUT2D eigenvalue weighted by Gasteiger charge is 2.14. The zero-order valence-electron chi connectivity index (χ0n) is 12.1. The lowest BCUT2D eigenvalue weighted by Gasteiger charge is -2.22. The standard InChI is InChI=1S/C17H21NO2/c1-11-5-4-6-14(9-11)12(2)18-13(3)16-8-7-15(19)10-17(16)20/h4-10,12-13,18-20H,1-3H3/t12-,13?/m0/s1. The largest absolute Gasteiger partial charge is 0.508 e. The van der Waals surface area contributed by atoms with Crippen molar-refractivity contribution in [1.82, 2.24) is 5.32 Å². The summed E-state index contributed by atoms with van der Waals surface area (Å²) in [6.07, 6.45) is 0. The lowest BCUT2D eigenvalue weighted by Crippen LogP contribution is -2.22. The fourth-order valence-electron chi connectivity index (χ4n) is 2.40. The molecule has 0 bridgehead atoms. The van der Waals surface area contributed by atoms with Gasteiger partial charge in [-0.3, -0.25) is 0 Å². The summed E-state index contributed by atoms with van der Waals surface area (Å²) in [7, 11) is 0. The second-order valence-electron chi connectivity index (χ2n) is 5.27. The zero-order chi connectivity index (χ0) is 14.7. The van der Waals surface area contributed by atoms with Crippen molar-refractivity contribution >= 4 is 0 Å². The molecule has 2 aromatic carbocycles. The molecular weight excluding hydrogens is 250 g/mol. The molecular formula is C17H21NO2. The minimum absolute atomic E-state index is 0.00823. The first-order valence-corrected chi connectivity index (χ1v) is 6.82. The van der Waals surface area contributed by atoms with Gasteiger partial charge in [0.15, 0.2) is 0 Å². The van der Waals surface area contributed by atoms with Crippen molar-refractivity contribution in [2.75, 3.05) is 0 Å². The van der Waals surface area contributed by atoms with Crippen molar-refractivity contribution in [3.05, 3.63) is 59.2 Å². The Labute approximate surface area is 119 Å². The molecule has 2 aromatic rings. The lowest BCUT2D eigenvalue weighted by atomic mass is 10.0. The average molecular weight is 271 g/mol. The van der Waals surface area contributed by atoms with Crippen molar-refractivity contribution in [3.63, 3.8) is 0 Å². The minimum atomic E-state index is -0.00823.